The minimum atomic E-state index is 0.412. The zero-order valence-electron chi connectivity index (χ0n) is 8.04. The number of hydrogen-bond acceptors (Lipinski definition) is 3. The number of halogens is 1. The van der Waals surface area contributed by atoms with Crippen LogP contribution in [0, 0.1) is 0 Å². The average molecular weight is 215 g/mol. The van der Waals surface area contributed by atoms with Gasteiger partial charge < -0.3 is 9.47 Å². The van der Waals surface area contributed by atoms with Gasteiger partial charge in [0.25, 0.3) is 0 Å². The molecule has 0 spiro atoms. The van der Waals surface area contributed by atoms with Crippen molar-refractivity contribution in [2.75, 3.05) is 13.7 Å². The molecule has 0 unspecified atom stereocenters. The fourth-order valence-corrected chi connectivity index (χ4v) is 1.31. The summed E-state index contributed by atoms with van der Waals surface area (Å²) < 4.78 is 10.3. The molecule has 0 aliphatic heterocycles. The molecule has 0 fully saturated rings. The monoisotopic (exact) mass is 214 g/mol. The highest BCUT2D eigenvalue weighted by atomic mass is 35.5. The molecule has 0 atom stereocenters. The van der Waals surface area contributed by atoms with Gasteiger partial charge in [-0.3, -0.25) is 4.79 Å². The summed E-state index contributed by atoms with van der Waals surface area (Å²) in [5.41, 5.74) is 0.418. The van der Waals surface area contributed by atoms with E-state index in [2.05, 4.69) is 0 Å². The molecule has 1 aromatic rings. The number of aldehydes is 1. The van der Waals surface area contributed by atoms with Crippen LogP contribution in [0.25, 0.3) is 0 Å². The molecule has 0 aromatic heterocycles. The zero-order chi connectivity index (χ0) is 10.6. The maximum absolute atomic E-state index is 10.6. The first-order valence-electron chi connectivity index (χ1n) is 4.18. The predicted octanol–water partition coefficient (Wildman–Crippen LogP) is 2.56. The Kier molecular flexibility index (Phi) is 3.77. The van der Waals surface area contributed by atoms with Crippen LogP contribution in [0.15, 0.2) is 12.1 Å². The second-order valence-corrected chi connectivity index (χ2v) is 2.98. The first-order valence-corrected chi connectivity index (χ1v) is 4.56. The molecule has 0 saturated carbocycles. The SMILES string of the molecule is CCOc1cc(OC)c(C=O)cc1Cl. The van der Waals surface area contributed by atoms with Crippen LogP contribution in [-0.4, -0.2) is 20.0 Å². The van der Waals surface area contributed by atoms with Gasteiger partial charge >= 0.3 is 0 Å². The molecule has 4 heteroatoms. The summed E-state index contributed by atoms with van der Waals surface area (Å²) >= 11 is 5.88. The molecule has 1 rings (SSSR count). The fraction of sp³-hybridized carbons (Fsp3) is 0.300. The van der Waals surface area contributed by atoms with Crippen molar-refractivity contribution in [1.82, 2.24) is 0 Å². The molecule has 0 amide bonds. The van der Waals surface area contributed by atoms with E-state index in [0.29, 0.717) is 35.0 Å². The summed E-state index contributed by atoms with van der Waals surface area (Å²) in [6.45, 7) is 2.37. The maximum atomic E-state index is 10.6. The molecule has 76 valence electrons. The van der Waals surface area contributed by atoms with Crippen LogP contribution < -0.4 is 9.47 Å². The molecular weight excluding hydrogens is 204 g/mol. The highest BCUT2D eigenvalue weighted by molar-refractivity contribution is 6.32. The second kappa shape index (κ2) is 4.86. The smallest absolute Gasteiger partial charge is 0.153 e. The standard InChI is InChI=1S/C10H11ClO3/c1-3-14-10-5-9(13-2)7(6-12)4-8(10)11/h4-6H,3H2,1-2H3. The lowest BCUT2D eigenvalue weighted by atomic mass is 10.2. The summed E-state index contributed by atoms with van der Waals surface area (Å²) in [4.78, 5) is 10.6. The van der Waals surface area contributed by atoms with Gasteiger partial charge in [0.05, 0.1) is 24.3 Å². The van der Waals surface area contributed by atoms with Gasteiger partial charge in [0.1, 0.15) is 11.5 Å². The summed E-state index contributed by atoms with van der Waals surface area (Å²) in [6.07, 6.45) is 0.695. The summed E-state index contributed by atoms with van der Waals surface area (Å²) in [5.74, 6) is 0.990. The van der Waals surface area contributed by atoms with Crippen LogP contribution in [0.2, 0.25) is 5.02 Å². The van der Waals surface area contributed by atoms with Gasteiger partial charge in [-0.25, -0.2) is 0 Å². The molecule has 0 saturated heterocycles. The van der Waals surface area contributed by atoms with Gasteiger partial charge in [-0.05, 0) is 13.0 Å². The van der Waals surface area contributed by atoms with Crippen LogP contribution in [-0.2, 0) is 0 Å². The van der Waals surface area contributed by atoms with E-state index in [1.807, 2.05) is 6.92 Å². The Morgan fingerprint density at radius 2 is 2.14 bits per heavy atom. The summed E-state index contributed by atoms with van der Waals surface area (Å²) in [7, 11) is 1.49. The van der Waals surface area contributed by atoms with Gasteiger partial charge in [-0.2, -0.15) is 0 Å². The minimum absolute atomic E-state index is 0.412. The van der Waals surface area contributed by atoms with Gasteiger partial charge in [-0.1, -0.05) is 11.6 Å². The van der Waals surface area contributed by atoms with Crippen molar-refractivity contribution >= 4 is 17.9 Å². The van der Waals surface area contributed by atoms with E-state index in [0.717, 1.165) is 0 Å². The Morgan fingerprint density at radius 1 is 1.43 bits per heavy atom. The van der Waals surface area contributed by atoms with Crippen LogP contribution >= 0.6 is 11.6 Å². The lowest BCUT2D eigenvalue weighted by Gasteiger charge is -2.09. The van der Waals surface area contributed by atoms with Crippen molar-refractivity contribution in [3.05, 3.63) is 22.7 Å². The quantitative estimate of drug-likeness (QED) is 0.723. The summed E-state index contributed by atoms with van der Waals surface area (Å²) in [5, 5.41) is 0.412. The molecule has 0 radical (unpaired) electrons. The molecule has 0 heterocycles. The third kappa shape index (κ3) is 2.17. The third-order valence-corrected chi connectivity index (χ3v) is 2.01. The molecule has 3 nitrogen and oxygen atoms in total. The number of benzene rings is 1. The van der Waals surface area contributed by atoms with Gasteiger partial charge in [0.2, 0.25) is 0 Å². The minimum Gasteiger partial charge on any atom is -0.496 e. The first kappa shape index (κ1) is 10.9. The molecule has 1 aromatic carbocycles. The second-order valence-electron chi connectivity index (χ2n) is 2.58. The normalized spacial score (nSPS) is 9.64. The van der Waals surface area contributed by atoms with Crippen molar-refractivity contribution in [1.29, 1.82) is 0 Å². The third-order valence-electron chi connectivity index (χ3n) is 1.71. The van der Waals surface area contributed by atoms with E-state index in [9.17, 15) is 4.79 Å². The molecule has 0 aliphatic rings. The lowest BCUT2D eigenvalue weighted by Crippen LogP contribution is -1.96. The van der Waals surface area contributed by atoms with Crippen molar-refractivity contribution in [3.8, 4) is 11.5 Å². The van der Waals surface area contributed by atoms with Gasteiger partial charge in [0.15, 0.2) is 6.29 Å². The number of ether oxygens (including phenoxy) is 2. The van der Waals surface area contributed by atoms with Crippen LogP contribution in [0.1, 0.15) is 17.3 Å². The predicted molar refractivity (Wildman–Crippen MR) is 54.6 cm³/mol. The highest BCUT2D eigenvalue weighted by Crippen LogP contribution is 2.31. The molecule has 0 aliphatic carbocycles. The van der Waals surface area contributed by atoms with Gasteiger partial charge in [-0.15, -0.1) is 0 Å². The van der Waals surface area contributed by atoms with Crippen molar-refractivity contribution in [2.24, 2.45) is 0 Å². The van der Waals surface area contributed by atoms with Gasteiger partial charge in [0, 0.05) is 6.07 Å². The fourth-order valence-electron chi connectivity index (χ4n) is 1.09. The maximum Gasteiger partial charge on any atom is 0.153 e. The Hall–Kier alpha value is -1.22. The topological polar surface area (TPSA) is 35.5 Å². The van der Waals surface area contributed by atoms with Crippen LogP contribution in [0.3, 0.4) is 0 Å². The van der Waals surface area contributed by atoms with Crippen LogP contribution in [0.5, 0.6) is 11.5 Å². The lowest BCUT2D eigenvalue weighted by molar-refractivity contribution is 0.112. The number of carbonyl (C=O) groups is 1. The zero-order valence-corrected chi connectivity index (χ0v) is 8.80. The molecular formula is C10H11ClO3. The Bertz CT molecular complexity index is 336. The van der Waals surface area contributed by atoms with Crippen molar-refractivity contribution in [3.63, 3.8) is 0 Å². The average Bonchev–Trinajstić information content (AvgIpc) is 2.20. The Balaban J connectivity index is 3.15. The van der Waals surface area contributed by atoms with E-state index >= 15 is 0 Å². The number of methoxy groups -OCH3 is 1. The first-order chi connectivity index (χ1) is 6.72. The Labute approximate surface area is 87.6 Å². The largest absolute Gasteiger partial charge is 0.496 e. The van der Waals surface area contributed by atoms with E-state index in [1.165, 1.54) is 13.2 Å². The van der Waals surface area contributed by atoms with Crippen LogP contribution in [0.4, 0.5) is 0 Å². The Morgan fingerprint density at radius 3 is 2.64 bits per heavy atom. The molecule has 0 bridgehead atoms. The molecule has 0 N–H and O–H groups in total. The highest BCUT2D eigenvalue weighted by Gasteiger charge is 2.08. The van der Waals surface area contributed by atoms with Crippen molar-refractivity contribution < 1.29 is 14.3 Å². The van der Waals surface area contributed by atoms with E-state index in [4.69, 9.17) is 21.1 Å². The summed E-state index contributed by atoms with van der Waals surface area (Å²) in [6, 6.07) is 3.13. The number of rotatable bonds is 4. The van der Waals surface area contributed by atoms with E-state index in [-0.39, 0.29) is 0 Å². The van der Waals surface area contributed by atoms with Crippen molar-refractivity contribution in [2.45, 2.75) is 6.92 Å². The number of carbonyl (C=O) groups excluding carboxylic acids is 1. The molecule has 14 heavy (non-hydrogen) atoms. The van der Waals surface area contributed by atoms with E-state index < -0.39 is 0 Å². The van der Waals surface area contributed by atoms with E-state index in [1.54, 1.807) is 6.07 Å². The number of hydrogen-bond donors (Lipinski definition) is 0.